The van der Waals surface area contributed by atoms with Gasteiger partial charge in [0.25, 0.3) is 0 Å². The molecule has 2 aromatic rings. The normalized spacial score (nSPS) is 10.2. The predicted molar refractivity (Wildman–Crippen MR) is 31.8 cm³/mol. The van der Waals surface area contributed by atoms with Gasteiger partial charge in [0.05, 0.1) is 18.0 Å². The molecule has 0 N–H and O–H groups in total. The third kappa shape index (κ3) is 0.579. The van der Waals surface area contributed by atoms with Crippen LogP contribution in [0.3, 0.4) is 0 Å². The van der Waals surface area contributed by atoms with E-state index in [1.54, 1.807) is 18.7 Å². The van der Waals surface area contributed by atoms with E-state index in [1.807, 2.05) is 10.6 Å². The monoisotopic (exact) mass is 118 g/mol. The second-order valence-corrected chi connectivity index (χ2v) is 1.73. The Morgan fingerprint density at radius 2 is 2.56 bits per heavy atom. The second kappa shape index (κ2) is 1.55. The van der Waals surface area contributed by atoms with Crippen LogP contribution in [0.4, 0.5) is 0 Å². The highest BCUT2D eigenvalue weighted by atomic mass is 15.0. The molecule has 9 heavy (non-hydrogen) atoms. The first kappa shape index (κ1) is 4.49. The summed E-state index contributed by atoms with van der Waals surface area (Å²) in [6.07, 6.45) is 9.72. The molecule has 0 aliphatic rings. The van der Waals surface area contributed by atoms with Gasteiger partial charge in [-0.3, -0.25) is 4.98 Å². The lowest BCUT2D eigenvalue weighted by atomic mass is 10.6. The molecule has 0 bridgehead atoms. The van der Waals surface area contributed by atoms with Crippen molar-refractivity contribution in [3.8, 4) is 0 Å². The molecular formula is C6H4N3. The fourth-order valence-electron chi connectivity index (χ4n) is 0.719. The van der Waals surface area contributed by atoms with E-state index in [-0.39, 0.29) is 0 Å². The maximum Gasteiger partial charge on any atom is 0.116 e. The molecule has 43 valence electrons. The van der Waals surface area contributed by atoms with Crippen LogP contribution in [0.1, 0.15) is 0 Å². The molecule has 3 nitrogen and oxygen atoms in total. The molecule has 3 heteroatoms. The van der Waals surface area contributed by atoms with E-state index in [9.17, 15) is 0 Å². The summed E-state index contributed by atoms with van der Waals surface area (Å²) in [7, 11) is 0. The molecule has 0 spiro atoms. The van der Waals surface area contributed by atoms with E-state index >= 15 is 0 Å². The summed E-state index contributed by atoms with van der Waals surface area (Å²) in [5.41, 5.74) is 0.900. The van der Waals surface area contributed by atoms with Crippen LogP contribution < -0.4 is 0 Å². The number of nitrogens with zero attached hydrogens (tertiary/aromatic N) is 3. The molecule has 0 unspecified atom stereocenters. The lowest BCUT2D eigenvalue weighted by Crippen LogP contribution is -1.80. The number of rotatable bonds is 0. The molecule has 0 aliphatic carbocycles. The zero-order chi connectivity index (χ0) is 6.10. The van der Waals surface area contributed by atoms with E-state index in [0.29, 0.717) is 0 Å². The van der Waals surface area contributed by atoms with Gasteiger partial charge >= 0.3 is 0 Å². The summed E-state index contributed by atoms with van der Waals surface area (Å²) in [6.45, 7) is 0. The lowest BCUT2D eigenvalue weighted by molar-refractivity contribution is 1.11. The van der Waals surface area contributed by atoms with Crippen molar-refractivity contribution in [2.75, 3.05) is 0 Å². The zero-order valence-electron chi connectivity index (χ0n) is 4.65. The Balaban J connectivity index is 2.95. The van der Waals surface area contributed by atoms with E-state index < -0.39 is 0 Å². The minimum absolute atomic E-state index is 0.900. The van der Waals surface area contributed by atoms with Crippen LogP contribution in [-0.2, 0) is 0 Å². The number of hydrogen-bond acceptors (Lipinski definition) is 2. The van der Waals surface area contributed by atoms with E-state index in [2.05, 4.69) is 16.2 Å². The van der Waals surface area contributed by atoms with Crippen LogP contribution in [0.15, 0.2) is 24.9 Å². The van der Waals surface area contributed by atoms with Crippen LogP contribution in [0.2, 0.25) is 0 Å². The molecule has 0 saturated carbocycles. The fourth-order valence-corrected chi connectivity index (χ4v) is 0.719. The quantitative estimate of drug-likeness (QED) is 0.505. The molecule has 0 amide bonds. The molecule has 0 saturated heterocycles. The smallest absolute Gasteiger partial charge is 0.116 e. The molecular weight excluding hydrogens is 114 g/mol. The van der Waals surface area contributed by atoms with Crippen molar-refractivity contribution in [2.24, 2.45) is 0 Å². The number of fused-ring (bicyclic) bond motifs is 1. The molecule has 0 fully saturated rings. The van der Waals surface area contributed by atoms with Gasteiger partial charge in [-0.15, -0.1) is 0 Å². The van der Waals surface area contributed by atoms with Crippen molar-refractivity contribution in [3.05, 3.63) is 31.1 Å². The number of imidazole rings is 1. The highest BCUT2D eigenvalue weighted by Crippen LogP contribution is 1.94. The minimum Gasteiger partial charge on any atom is -0.303 e. The summed E-state index contributed by atoms with van der Waals surface area (Å²) < 4.78 is 1.85. The summed E-state index contributed by atoms with van der Waals surface area (Å²) in [6, 6.07) is 0. The maximum absolute atomic E-state index is 3.89. The average molecular weight is 118 g/mol. The van der Waals surface area contributed by atoms with Crippen LogP contribution in [0, 0.1) is 6.20 Å². The number of aromatic nitrogens is 3. The van der Waals surface area contributed by atoms with Crippen molar-refractivity contribution in [1.29, 1.82) is 0 Å². The summed E-state index contributed by atoms with van der Waals surface area (Å²) >= 11 is 0. The Hall–Kier alpha value is -1.38. The van der Waals surface area contributed by atoms with Gasteiger partial charge in [-0.05, 0) is 0 Å². The van der Waals surface area contributed by atoms with Gasteiger partial charge in [-0.2, -0.15) is 0 Å². The van der Waals surface area contributed by atoms with Crippen molar-refractivity contribution in [3.63, 3.8) is 0 Å². The largest absolute Gasteiger partial charge is 0.303 e. The number of hydrogen-bond donors (Lipinski definition) is 0. The third-order valence-corrected chi connectivity index (χ3v) is 1.15. The zero-order valence-corrected chi connectivity index (χ0v) is 4.65. The molecule has 1 radical (unpaired) electrons. The molecule has 2 heterocycles. The lowest BCUT2D eigenvalue weighted by Gasteiger charge is -1.85. The highest BCUT2D eigenvalue weighted by Gasteiger charge is 1.87. The Morgan fingerprint density at radius 1 is 1.56 bits per heavy atom. The van der Waals surface area contributed by atoms with E-state index in [4.69, 9.17) is 0 Å². The van der Waals surface area contributed by atoms with Gasteiger partial charge in [-0.25, -0.2) is 4.98 Å². The third-order valence-electron chi connectivity index (χ3n) is 1.15. The Labute approximate surface area is 52.0 Å². The van der Waals surface area contributed by atoms with E-state index in [0.717, 1.165) is 5.52 Å². The van der Waals surface area contributed by atoms with Crippen molar-refractivity contribution >= 4 is 5.52 Å². The Kier molecular flexibility index (Phi) is 0.773. The van der Waals surface area contributed by atoms with Crippen molar-refractivity contribution in [1.82, 2.24) is 14.4 Å². The van der Waals surface area contributed by atoms with Gasteiger partial charge in [0.2, 0.25) is 0 Å². The van der Waals surface area contributed by atoms with Crippen LogP contribution in [0.25, 0.3) is 5.52 Å². The standard InChI is InChI=1S/C6H4N3/c1-2-9-5-8-4-6(9)3-7-1/h1-2,4-5H. The van der Waals surface area contributed by atoms with Gasteiger partial charge in [0, 0.05) is 12.4 Å². The highest BCUT2D eigenvalue weighted by molar-refractivity contribution is 5.39. The van der Waals surface area contributed by atoms with Gasteiger partial charge < -0.3 is 4.40 Å². The minimum atomic E-state index is 0.900. The average Bonchev–Trinajstić information content (AvgIpc) is 2.33. The first-order valence-electron chi connectivity index (χ1n) is 2.61. The fraction of sp³-hybridized carbons (Fsp3) is 0. The van der Waals surface area contributed by atoms with Gasteiger partial charge in [-0.1, -0.05) is 0 Å². The molecule has 0 atom stereocenters. The first-order valence-corrected chi connectivity index (χ1v) is 2.61. The van der Waals surface area contributed by atoms with Crippen LogP contribution in [0.5, 0.6) is 0 Å². The van der Waals surface area contributed by atoms with Crippen LogP contribution >= 0.6 is 0 Å². The predicted octanol–water partition coefficient (Wildman–Crippen LogP) is 0.529. The van der Waals surface area contributed by atoms with Crippen LogP contribution in [-0.4, -0.2) is 14.4 Å². The first-order chi connectivity index (χ1) is 4.47. The summed E-state index contributed by atoms with van der Waals surface area (Å²) in [4.78, 5) is 7.69. The Bertz CT molecular complexity index is 282. The maximum atomic E-state index is 3.89. The molecule has 2 aromatic heterocycles. The van der Waals surface area contributed by atoms with Gasteiger partial charge in [0.1, 0.15) is 6.20 Å². The van der Waals surface area contributed by atoms with Gasteiger partial charge in [0.15, 0.2) is 0 Å². The SMILES string of the molecule is [c]1nccn2cncc12. The van der Waals surface area contributed by atoms with Crippen molar-refractivity contribution < 1.29 is 0 Å². The van der Waals surface area contributed by atoms with Crippen molar-refractivity contribution in [2.45, 2.75) is 0 Å². The molecule has 0 aromatic carbocycles. The summed E-state index contributed by atoms with van der Waals surface area (Å²) in [5.74, 6) is 0. The topological polar surface area (TPSA) is 30.2 Å². The second-order valence-electron chi connectivity index (χ2n) is 1.73. The van der Waals surface area contributed by atoms with E-state index in [1.165, 1.54) is 0 Å². The molecule has 0 aliphatic heterocycles. The summed E-state index contributed by atoms with van der Waals surface area (Å²) in [5, 5.41) is 0. The molecule has 2 rings (SSSR count). The Morgan fingerprint density at radius 3 is 3.44 bits per heavy atom.